The molecule has 1 rings (SSSR count). The zero-order valence-electron chi connectivity index (χ0n) is 8.14. The first-order valence-corrected chi connectivity index (χ1v) is 4.72. The maximum Gasteiger partial charge on any atom is 0.131 e. The van der Waals surface area contributed by atoms with Crippen molar-refractivity contribution < 1.29 is 30.6 Å². The van der Waals surface area contributed by atoms with Crippen LogP contribution in [0.4, 0.5) is 0 Å². The highest BCUT2D eigenvalue weighted by Gasteiger charge is 2.43. The maximum atomic E-state index is 9.52. The molecule has 0 aromatic heterocycles. The van der Waals surface area contributed by atoms with Gasteiger partial charge in [-0.05, 0) is 0 Å². The van der Waals surface area contributed by atoms with Crippen LogP contribution in [0.3, 0.4) is 0 Å². The quantitative estimate of drug-likeness (QED) is 0.288. The zero-order chi connectivity index (χ0) is 11.6. The van der Waals surface area contributed by atoms with Gasteiger partial charge in [0.1, 0.15) is 18.4 Å². The smallest absolute Gasteiger partial charge is 0.131 e. The number of aliphatic hydroxyl groups excluding tert-OH is 6. The van der Waals surface area contributed by atoms with Crippen molar-refractivity contribution in [3.63, 3.8) is 0 Å². The van der Waals surface area contributed by atoms with Crippen LogP contribution >= 0.6 is 0 Å². The second-order valence-corrected chi connectivity index (χ2v) is 3.66. The molecule has 1 heterocycles. The molecule has 0 bridgehead atoms. The van der Waals surface area contributed by atoms with E-state index in [1.54, 1.807) is 0 Å². The normalized spacial score (nSPS) is 40.4. The Morgan fingerprint density at radius 3 is 2.20 bits per heavy atom. The average Bonchev–Trinajstić information content (AvgIpc) is 2.24. The number of nitrogens with zero attached hydrogens (tertiary/aromatic N) is 1. The number of likely N-dealkylation sites (tertiary alicyclic amines) is 1. The highest BCUT2D eigenvalue weighted by atomic mass is 16.4. The molecule has 6 N–H and O–H groups in total. The molecule has 1 aliphatic rings. The van der Waals surface area contributed by atoms with Crippen molar-refractivity contribution in [3.05, 3.63) is 0 Å². The van der Waals surface area contributed by atoms with E-state index in [4.69, 9.17) is 10.2 Å². The molecular formula is C8H17NO6. The van der Waals surface area contributed by atoms with Crippen molar-refractivity contribution in [2.45, 2.75) is 30.6 Å². The van der Waals surface area contributed by atoms with Crippen LogP contribution in [0, 0.1) is 0 Å². The summed E-state index contributed by atoms with van der Waals surface area (Å²) in [4.78, 5) is 1.15. The van der Waals surface area contributed by atoms with Crippen LogP contribution in [0.1, 0.15) is 0 Å². The van der Waals surface area contributed by atoms with Gasteiger partial charge in [0.2, 0.25) is 0 Å². The number of aliphatic hydroxyl groups is 6. The van der Waals surface area contributed by atoms with E-state index >= 15 is 0 Å². The van der Waals surface area contributed by atoms with Gasteiger partial charge in [-0.15, -0.1) is 0 Å². The van der Waals surface area contributed by atoms with Crippen LogP contribution < -0.4 is 0 Å². The molecule has 0 aromatic rings. The Morgan fingerprint density at radius 1 is 1.13 bits per heavy atom. The number of hydrogen-bond acceptors (Lipinski definition) is 7. The fourth-order valence-corrected chi connectivity index (χ4v) is 1.77. The highest BCUT2D eigenvalue weighted by Crippen LogP contribution is 2.20. The minimum atomic E-state index is -1.36. The first kappa shape index (κ1) is 12.8. The van der Waals surface area contributed by atoms with Crippen molar-refractivity contribution in [1.82, 2.24) is 4.90 Å². The lowest BCUT2D eigenvalue weighted by molar-refractivity contribution is -0.186. The van der Waals surface area contributed by atoms with E-state index in [2.05, 4.69) is 0 Å². The minimum Gasteiger partial charge on any atom is -0.395 e. The molecule has 90 valence electrons. The molecule has 1 aliphatic heterocycles. The fourth-order valence-electron chi connectivity index (χ4n) is 1.77. The first-order valence-electron chi connectivity index (χ1n) is 4.72. The standard InChI is InChI=1S/C8H17NO6/c10-2-4-7(14)8(15)5(12)1-9(4)6(13)3-11/h4-8,10-15H,1-3H2/t4-,5-,6?,7-,8-/m1/s1. The van der Waals surface area contributed by atoms with Gasteiger partial charge in [0.15, 0.2) is 0 Å². The van der Waals surface area contributed by atoms with E-state index in [1.165, 1.54) is 0 Å². The SMILES string of the molecule is OCC(O)N1C[C@@H](O)[C@@H](O)[C@H](O)[C@H]1CO. The summed E-state index contributed by atoms with van der Waals surface area (Å²) < 4.78 is 0. The Bertz CT molecular complexity index is 204. The number of β-amino-alcohol motifs (C(OH)–C–C–N with tert-alkyl or cyclic N) is 1. The van der Waals surface area contributed by atoms with Crippen molar-refractivity contribution >= 4 is 0 Å². The summed E-state index contributed by atoms with van der Waals surface area (Å²) in [6, 6.07) is -0.898. The second kappa shape index (κ2) is 5.17. The van der Waals surface area contributed by atoms with Gasteiger partial charge in [0, 0.05) is 6.54 Å². The predicted octanol–water partition coefficient (Wildman–Crippen LogP) is -3.94. The largest absolute Gasteiger partial charge is 0.395 e. The average molecular weight is 223 g/mol. The Morgan fingerprint density at radius 2 is 1.73 bits per heavy atom. The van der Waals surface area contributed by atoms with Crippen LogP contribution in [-0.4, -0.2) is 85.9 Å². The zero-order valence-corrected chi connectivity index (χ0v) is 8.14. The topological polar surface area (TPSA) is 125 Å². The molecule has 7 nitrogen and oxygen atoms in total. The van der Waals surface area contributed by atoms with E-state index in [1.807, 2.05) is 0 Å². The van der Waals surface area contributed by atoms with Gasteiger partial charge < -0.3 is 30.6 Å². The Hall–Kier alpha value is -0.280. The monoisotopic (exact) mass is 223 g/mol. The van der Waals surface area contributed by atoms with Gasteiger partial charge in [-0.1, -0.05) is 0 Å². The van der Waals surface area contributed by atoms with Gasteiger partial charge >= 0.3 is 0 Å². The molecule has 0 spiro atoms. The molecule has 7 heteroatoms. The fraction of sp³-hybridized carbons (Fsp3) is 1.00. The summed E-state index contributed by atoms with van der Waals surface area (Å²) in [5.41, 5.74) is 0. The van der Waals surface area contributed by atoms with Crippen molar-refractivity contribution in [1.29, 1.82) is 0 Å². The van der Waals surface area contributed by atoms with E-state index < -0.39 is 43.8 Å². The number of piperidine rings is 1. The third-order valence-electron chi connectivity index (χ3n) is 2.70. The number of rotatable bonds is 3. The van der Waals surface area contributed by atoms with Crippen molar-refractivity contribution in [2.75, 3.05) is 19.8 Å². The molecule has 0 amide bonds. The molecule has 1 fully saturated rings. The van der Waals surface area contributed by atoms with Crippen LogP contribution in [0.25, 0.3) is 0 Å². The molecule has 1 saturated heterocycles. The minimum absolute atomic E-state index is 0.120. The summed E-state index contributed by atoms with van der Waals surface area (Å²) in [7, 11) is 0. The van der Waals surface area contributed by atoms with Gasteiger partial charge in [-0.2, -0.15) is 0 Å². The summed E-state index contributed by atoms with van der Waals surface area (Å²) >= 11 is 0. The number of hydrogen-bond donors (Lipinski definition) is 6. The summed E-state index contributed by atoms with van der Waals surface area (Å²) in [5, 5.41) is 55.3. The predicted molar refractivity (Wildman–Crippen MR) is 48.7 cm³/mol. The van der Waals surface area contributed by atoms with Gasteiger partial charge in [0.25, 0.3) is 0 Å². The van der Waals surface area contributed by atoms with E-state index in [0.717, 1.165) is 4.90 Å². The molecule has 0 aliphatic carbocycles. The first-order chi connectivity index (χ1) is 7.02. The molecule has 15 heavy (non-hydrogen) atoms. The summed E-state index contributed by atoms with van der Waals surface area (Å²) in [5.74, 6) is 0. The van der Waals surface area contributed by atoms with Gasteiger partial charge in [0.05, 0.1) is 25.4 Å². The van der Waals surface area contributed by atoms with Gasteiger partial charge in [-0.25, -0.2) is 0 Å². The Kier molecular flexibility index (Phi) is 4.41. The molecule has 5 atom stereocenters. The molecule has 0 radical (unpaired) electrons. The summed E-state index contributed by atoms with van der Waals surface area (Å²) in [6.07, 6.45) is -5.22. The van der Waals surface area contributed by atoms with Gasteiger partial charge in [-0.3, -0.25) is 4.90 Å². The molecular weight excluding hydrogens is 206 g/mol. The third-order valence-corrected chi connectivity index (χ3v) is 2.70. The van der Waals surface area contributed by atoms with Crippen molar-refractivity contribution in [2.24, 2.45) is 0 Å². The van der Waals surface area contributed by atoms with E-state index in [0.29, 0.717) is 0 Å². The molecule has 0 aromatic carbocycles. The van der Waals surface area contributed by atoms with Crippen LogP contribution in [0.5, 0.6) is 0 Å². The lowest BCUT2D eigenvalue weighted by Gasteiger charge is -2.44. The molecule has 1 unspecified atom stereocenters. The maximum absolute atomic E-state index is 9.52. The third kappa shape index (κ3) is 2.45. The lowest BCUT2D eigenvalue weighted by atomic mass is 9.94. The highest BCUT2D eigenvalue weighted by molar-refractivity contribution is 4.94. The van der Waals surface area contributed by atoms with Crippen LogP contribution in [0.15, 0.2) is 0 Å². The Balaban J connectivity index is 2.77. The van der Waals surface area contributed by atoms with Crippen LogP contribution in [-0.2, 0) is 0 Å². The van der Waals surface area contributed by atoms with Crippen LogP contribution in [0.2, 0.25) is 0 Å². The lowest BCUT2D eigenvalue weighted by Crippen LogP contribution is -2.65. The Labute approximate surface area is 86.8 Å². The van der Waals surface area contributed by atoms with E-state index in [9.17, 15) is 20.4 Å². The second-order valence-electron chi connectivity index (χ2n) is 3.66. The molecule has 0 saturated carbocycles. The van der Waals surface area contributed by atoms with E-state index in [-0.39, 0.29) is 6.54 Å². The van der Waals surface area contributed by atoms with Crippen molar-refractivity contribution in [3.8, 4) is 0 Å². The summed E-state index contributed by atoms with van der Waals surface area (Å²) in [6.45, 7) is -1.18.